The number of benzene rings is 1. The van der Waals surface area contributed by atoms with Crippen molar-refractivity contribution >= 4 is 17.6 Å². The highest BCUT2D eigenvalue weighted by atomic mass is 16.6. The topological polar surface area (TPSA) is 65.1 Å². The Kier molecular flexibility index (Phi) is 2.98. The summed E-state index contributed by atoms with van der Waals surface area (Å²) in [5.41, 5.74) is 0.745. The minimum atomic E-state index is -0.539. The first kappa shape index (κ1) is 11.8. The molecule has 0 aromatic heterocycles. The molecule has 1 fully saturated rings. The van der Waals surface area contributed by atoms with Crippen LogP contribution in [0, 0.1) is 0 Å². The summed E-state index contributed by atoms with van der Waals surface area (Å²) in [4.78, 5) is 24.2. The van der Waals surface area contributed by atoms with E-state index < -0.39 is 11.9 Å². The fourth-order valence-electron chi connectivity index (χ4n) is 2.09. The summed E-state index contributed by atoms with van der Waals surface area (Å²) in [6.45, 7) is 1.34. The van der Waals surface area contributed by atoms with Gasteiger partial charge < -0.3 is 19.1 Å². The van der Waals surface area contributed by atoms with Crippen molar-refractivity contribution in [1.82, 2.24) is 0 Å². The van der Waals surface area contributed by atoms with Crippen LogP contribution in [0.2, 0.25) is 0 Å². The Balaban J connectivity index is 1.87. The summed E-state index contributed by atoms with van der Waals surface area (Å²) in [6.07, 6.45) is 0.832. The summed E-state index contributed by atoms with van der Waals surface area (Å²) in [5, 5.41) is 0. The van der Waals surface area contributed by atoms with E-state index in [4.69, 9.17) is 9.47 Å². The number of nitrogens with zero attached hydrogens (tertiary/aromatic N) is 1. The molecule has 6 heteroatoms. The third-order valence-electron chi connectivity index (χ3n) is 2.96. The van der Waals surface area contributed by atoms with E-state index in [-0.39, 0.29) is 13.1 Å². The van der Waals surface area contributed by atoms with Gasteiger partial charge in [0.25, 0.3) is 0 Å². The van der Waals surface area contributed by atoms with E-state index in [1.54, 1.807) is 23.1 Å². The van der Waals surface area contributed by atoms with Crippen LogP contribution in [-0.2, 0) is 14.3 Å². The number of carbonyl (C=O) groups is 2. The van der Waals surface area contributed by atoms with Crippen LogP contribution in [0.15, 0.2) is 18.2 Å². The Morgan fingerprint density at radius 1 is 0.947 bits per heavy atom. The Morgan fingerprint density at radius 2 is 1.63 bits per heavy atom. The molecule has 0 aliphatic carbocycles. The number of carbonyl (C=O) groups excluding carboxylic acids is 2. The summed E-state index contributed by atoms with van der Waals surface area (Å²) >= 11 is 0. The summed E-state index contributed by atoms with van der Waals surface area (Å²) in [7, 11) is 0. The van der Waals surface area contributed by atoms with Crippen molar-refractivity contribution in [2.24, 2.45) is 0 Å². The molecule has 0 N–H and O–H groups in total. The molecule has 1 aromatic carbocycles. The normalized spacial score (nSPS) is 18.8. The molecule has 0 radical (unpaired) electrons. The first-order valence-corrected chi connectivity index (χ1v) is 6.10. The van der Waals surface area contributed by atoms with Gasteiger partial charge >= 0.3 is 11.9 Å². The molecule has 100 valence electrons. The van der Waals surface area contributed by atoms with Crippen LogP contribution in [0.3, 0.4) is 0 Å². The van der Waals surface area contributed by atoms with Crippen molar-refractivity contribution in [3.8, 4) is 11.5 Å². The lowest BCUT2D eigenvalue weighted by Crippen LogP contribution is -2.42. The van der Waals surface area contributed by atoms with Crippen molar-refractivity contribution in [2.75, 3.05) is 31.2 Å². The molecule has 3 rings (SSSR count). The molecule has 0 amide bonds. The van der Waals surface area contributed by atoms with Crippen molar-refractivity contribution in [1.29, 1.82) is 0 Å². The van der Waals surface area contributed by atoms with Crippen molar-refractivity contribution < 1.29 is 23.8 Å². The lowest BCUT2D eigenvalue weighted by molar-refractivity contribution is -0.160. The molecule has 6 nitrogen and oxygen atoms in total. The molecule has 2 aliphatic rings. The smallest absolute Gasteiger partial charge is 0.333 e. The maximum absolute atomic E-state index is 11.3. The fourth-order valence-corrected chi connectivity index (χ4v) is 2.09. The second kappa shape index (κ2) is 4.79. The molecule has 0 bridgehead atoms. The molecule has 0 atom stereocenters. The molecule has 19 heavy (non-hydrogen) atoms. The van der Waals surface area contributed by atoms with Crippen molar-refractivity contribution in [3.63, 3.8) is 0 Å². The van der Waals surface area contributed by atoms with Crippen LogP contribution in [0.4, 0.5) is 5.69 Å². The van der Waals surface area contributed by atoms with Gasteiger partial charge in [-0.05, 0) is 12.1 Å². The molecular formula is C13H13NO5. The largest absolute Gasteiger partial charge is 0.490 e. The fraction of sp³-hybridized carbons (Fsp3) is 0.385. The number of rotatable bonds is 1. The Labute approximate surface area is 109 Å². The quantitative estimate of drug-likeness (QED) is 0.550. The molecule has 2 aliphatic heterocycles. The standard InChI is InChI=1S/C13H13NO5/c15-12-7-14(8-13(16)19-12)9-2-3-10-11(6-9)18-5-1-4-17-10/h2-3,6H,1,4-5,7-8H2. The highest BCUT2D eigenvalue weighted by Crippen LogP contribution is 2.33. The van der Waals surface area contributed by atoms with Crippen LogP contribution in [-0.4, -0.2) is 38.2 Å². The SMILES string of the molecule is O=C1CN(c2ccc3c(c2)OCCCO3)CC(=O)O1. The molecular weight excluding hydrogens is 250 g/mol. The van der Waals surface area contributed by atoms with Gasteiger partial charge in [0, 0.05) is 18.2 Å². The summed E-state index contributed by atoms with van der Waals surface area (Å²) in [6, 6.07) is 5.38. The van der Waals surface area contributed by atoms with Crippen LogP contribution >= 0.6 is 0 Å². The average molecular weight is 263 g/mol. The van der Waals surface area contributed by atoms with Gasteiger partial charge in [0.05, 0.1) is 13.2 Å². The number of cyclic esters (lactones) is 2. The third kappa shape index (κ3) is 2.47. The summed E-state index contributed by atoms with van der Waals surface area (Å²) in [5.74, 6) is 0.250. The predicted octanol–water partition coefficient (Wildman–Crippen LogP) is 0.738. The van der Waals surface area contributed by atoms with Gasteiger partial charge in [-0.2, -0.15) is 0 Å². The lowest BCUT2D eigenvalue weighted by atomic mass is 10.2. The monoisotopic (exact) mass is 263 g/mol. The van der Waals surface area contributed by atoms with E-state index >= 15 is 0 Å². The Bertz CT molecular complexity index is 512. The first-order chi connectivity index (χ1) is 9.22. The molecule has 2 heterocycles. The number of hydrogen-bond acceptors (Lipinski definition) is 6. The van der Waals surface area contributed by atoms with Crippen molar-refractivity contribution in [2.45, 2.75) is 6.42 Å². The number of esters is 2. The maximum Gasteiger partial charge on any atom is 0.333 e. The number of anilines is 1. The minimum absolute atomic E-state index is 0.0609. The van der Waals surface area contributed by atoms with E-state index in [1.165, 1.54) is 0 Å². The van der Waals surface area contributed by atoms with Gasteiger partial charge in [0.2, 0.25) is 0 Å². The first-order valence-electron chi connectivity index (χ1n) is 6.10. The maximum atomic E-state index is 11.3. The average Bonchev–Trinajstić information content (AvgIpc) is 2.61. The zero-order chi connectivity index (χ0) is 13.2. The van der Waals surface area contributed by atoms with E-state index in [2.05, 4.69) is 4.74 Å². The molecule has 0 unspecified atom stereocenters. The highest BCUT2D eigenvalue weighted by Gasteiger charge is 2.25. The van der Waals surface area contributed by atoms with E-state index in [0.717, 1.165) is 12.1 Å². The van der Waals surface area contributed by atoms with E-state index in [9.17, 15) is 9.59 Å². The van der Waals surface area contributed by atoms with Gasteiger partial charge in [0.1, 0.15) is 13.1 Å². The zero-order valence-corrected chi connectivity index (χ0v) is 10.3. The number of fused-ring (bicyclic) bond motifs is 1. The number of morpholine rings is 1. The van der Waals surface area contributed by atoms with Crippen LogP contribution in [0.25, 0.3) is 0 Å². The molecule has 0 saturated carbocycles. The Hall–Kier alpha value is -2.24. The van der Waals surface area contributed by atoms with Gasteiger partial charge in [-0.1, -0.05) is 0 Å². The third-order valence-corrected chi connectivity index (χ3v) is 2.96. The van der Waals surface area contributed by atoms with Crippen LogP contribution in [0.5, 0.6) is 11.5 Å². The van der Waals surface area contributed by atoms with Gasteiger partial charge in [-0.15, -0.1) is 0 Å². The van der Waals surface area contributed by atoms with Crippen LogP contribution in [0.1, 0.15) is 6.42 Å². The Morgan fingerprint density at radius 3 is 2.37 bits per heavy atom. The second-order valence-corrected chi connectivity index (χ2v) is 4.38. The molecule has 1 aromatic rings. The van der Waals surface area contributed by atoms with E-state index in [1.807, 2.05) is 0 Å². The van der Waals surface area contributed by atoms with Gasteiger partial charge in [-0.3, -0.25) is 0 Å². The number of hydrogen-bond donors (Lipinski definition) is 0. The van der Waals surface area contributed by atoms with Crippen molar-refractivity contribution in [3.05, 3.63) is 18.2 Å². The molecule has 0 spiro atoms. The van der Waals surface area contributed by atoms with Crippen LogP contribution < -0.4 is 14.4 Å². The second-order valence-electron chi connectivity index (χ2n) is 4.38. The number of ether oxygens (including phenoxy) is 3. The van der Waals surface area contributed by atoms with Gasteiger partial charge in [0.15, 0.2) is 11.5 Å². The van der Waals surface area contributed by atoms with E-state index in [0.29, 0.717) is 24.7 Å². The summed E-state index contributed by atoms with van der Waals surface area (Å²) < 4.78 is 15.6. The minimum Gasteiger partial charge on any atom is -0.490 e. The molecule has 1 saturated heterocycles. The zero-order valence-electron chi connectivity index (χ0n) is 10.3. The highest BCUT2D eigenvalue weighted by molar-refractivity contribution is 5.94. The van der Waals surface area contributed by atoms with Gasteiger partial charge in [-0.25, -0.2) is 9.59 Å². The predicted molar refractivity (Wildman–Crippen MR) is 65.4 cm³/mol. The lowest BCUT2D eigenvalue weighted by Gasteiger charge is -2.26.